The van der Waals surface area contributed by atoms with Gasteiger partial charge in [0.15, 0.2) is 6.61 Å². The van der Waals surface area contributed by atoms with Gasteiger partial charge in [-0.3, -0.25) is 0 Å². The highest BCUT2D eigenvalue weighted by Crippen LogP contribution is 2.32. The molecule has 0 aliphatic heterocycles. The van der Waals surface area contributed by atoms with Gasteiger partial charge in [0.1, 0.15) is 11.8 Å². The van der Waals surface area contributed by atoms with E-state index in [0.717, 1.165) is 5.75 Å². The largest absolute Gasteiger partial charge is 0.479 e. The molecule has 0 bridgehead atoms. The fourth-order valence-electron chi connectivity index (χ4n) is 2.10. The van der Waals surface area contributed by atoms with Crippen LogP contribution in [-0.4, -0.2) is 6.61 Å². The molecule has 0 saturated heterocycles. The molecule has 0 aromatic heterocycles. The molecular weight excluding hydrogens is 234 g/mol. The van der Waals surface area contributed by atoms with Gasteiger partial charge >= 0.3 is 0 Å². The third-order valence-corrected chi connectivity index (χ3v) is 3.37. The highest BCUT2D eigenvalue weighted by Gasteiger charge is 2.22. The zero-order chi connectivity index (χ0) is 13.7. The lowest BCUT2D eigenvalue weighted by atomic mass is 9.78. The molecule has 19 heavy (non-hydrogen) atoms. The molecule has 96 valence electrons. The Balaban J connectivity index is 2.24. The van der Waals surface area contributed by atoms with Gasteiger partial charge in [0.05, 0.1) is 0 Å². The smallest absolute Gasteiger partial charge is 0.174 e. The highest BCUT2D eigenvalue weighted by atomic mass is 16.5. The van der Waals surface area contributed by atoms with Crippen molar-refractivity contribution in [2.45, 2.75) is 19.3 Å². The number of hydrogen-bond acceptors (Lipinski definition) is 2. The van der Waals surface area contributed by atoms with Crippen LogP contribution in [0.5, 0.6) is 5.75 Å². The van der Waals surface area contributed by atoms with Crippen LogP contribution in [0.3, 0.4) is 0 Å². The summed E-state index contributed by atoms with van der Waals surface area (Å²) in [5, 5.41) is 8.49. The van der Waals surface area contributed by atoms with Gasteiger partial charge in [0.2, 0.25) is 0 Å². The molecular formula is C17H17NO. The Morgan fingerprint density at radius 2 is 1.53 bits per heavy atom. The number of ether oxygens (including phenoxy) is 1. The normalized spacial score (nSPS) is 10.8. The Labute approximate surface area is 114 Å². The Morgan fingerprint density at radius 3 is 2.11 bits per heavy atom. The fourth-order valence-corrected chi connectivity index (χ4v) is 2.10. The molecule has 0 spiro atoms. The van der Waals surface area contributed by atoms with E-state index in [4.69, 9.17) is 10.00 Å². The molecule has 2 aromatic carbocycles. The maximum absolute atomic E-state index is 8.49. The van der Waals surface area contributed by atoms with Crippen LogP contribution < -0.4 is 4.74 Å². The number of rotatable bonds is 4. The first-order valence-electron chi connectivity index (χ1n) is 6.30. The molecule has 0 unspecified atom stereocenters. The molecule has 0 saturated carbocycles. The highest BCUT2D eigenvalue weighted by molar-refractivity contribution is 5.39. The molecule has 2 aromatic rings. The molecule has 0 aliphatic rings. The lowest BCUT2D eigenvalue weighted by molar-refractivity contribution is 0.368. The minimum absolute atomic E-state index is 0.0466. The molecule has 0 aliphatic carbocycles. The fraction of sp³-hybridized carbons (Fsp3) is 0.235. The zero-order valence-corrected chi connectivity index (χ0v) is 11.3. The van der Waals surface area contributed by atoms with Crippen molar-refractivity contribution in [2.24, 2.45) is 0 Å². The van der Waals surface area contributed by atoms with E-state index in [1.807, 2.05) is 24.3 Å². The number of nitrogens with zero attached hydrogens (tertiary/aromatic N) is 1. The van der Waals surface area contributed by atoms with E-state index in [-0.39, 0.29) is 12.0 Å². The molecule has 0 fully saturated rings. The van der Waals surface area contributed by atoms with Crippen LogP contribution in [0.1, 0.15) is 25.0 Å². The van der Waals surface area contributed by atoms with Gasteiger partial charge in [-0.1, -0.05) is 56.3 Å². The van der Waals surface area contributed by atoms with Gasteiger partial charge in [0, 0.05) is 5.41 Å². The van der Waals surface area contributed by atoms with Crippen molar-refractivity contribution in [1.29, 1.82) is 5.26 Å². The van der Waals surface area contributed by atoms with Crippen LogP contribution >= 0.6 is 0 Å². The molecule has 2 rings (SSSR count). The average molecular weight is 251 g/mol. The summed E-state index contributed by atoms with van der Waals surface area (Å²) in [6, 6.07) is 20.3. The lowest BCUT2D eigenvalue weighted by Crippen LogP contribution is -2.18. The SMILES string of the molecule is CC(C)(c1ccccc1)c1ccc(OCC#N)cc1. The maximum atomic E-state index is 8.49. The molecule has 0 amide bonds. The topological polar surface area (TPSA) is 33.0 Å². The monoisotopic (exact) mass is 251 g/mol. The second-order valence-corrected chi connectivity index (χ2v) is 4.96. The summed E-state index contributed by atoms with van der Waals surface area (Å²) in [6.45, 7) is 4.49. The first-order chi connectivity index (χ1) is 9.14. The maximum Gasteiger partial charge on any atom is 0.174 e. The van der Waals surface area contributed by atoms with Crippen molar-refractivity contribution in [1.82, 2.24) is 0 Å². The summed E-state index contributed by atoms with van der Waals surface area (Å²) >= 11 is 0. The molecule has 0 N–H and O–H groups in total. The summed E-state index contributed by atoms with van der Waals surface area (Å²) in [5.41, 5.74) is 2.46. The van der Waals surface area contributed by atoms with Crippen molar-refractivity contribution < 1.29 is 4.74 Å². The van der Waals surface area contributed by atoms with E-state index in [1.54, 1.807) is 0 Å². The van der Waals surface area contributed by atoms with E-state index in [1.165, 1.54) is 11.1 Å². The summed E-state index contributed by atoms with van der Waals surface area (Å²) in [5.74, 6) is 0.731. The summed E-state index contributed by atoms with van der Waals surface area (Å²) in [4.78, 5) is 0. The third kappa shape index (κ3) is 2.95. The van der Waals surface area contributed by atoms with Crippen molar-refractivity contribution in [3.8, 4) is 11.8 Å². The van der Waals surface area contributed by atoms with E-state index in [2.05, 4.69) is 50.2 Å². The van der Waals surface area contributed by atoms with Crippen LogP contribution in [-0.2, 0) is 5.41 Å². The van der Waals surface area contributed by atoms with Crippen LogP contribution in [0.15, 0.2) is 54.6 Å². The minimum Gasteiger partial charge on any atom is -0.479 e. The van der Waals surface area contributed by atoms with Crippen LogP contribution in [0.25, 0.3) is 0 Å². The van der Waals surface area contributed by atoms with Gasteiger partial charge in [-0.05, 0) is 23.3 Å². The second-order valence-electron chi connectivity index (χ2n) is 4.96. The zero-order valence-electron chi connectivity index (χ0n) is 11.3. The number of nitriles is 1. The van der Waals surface area contributed by atoms with Gasteiger partial charge < -0.3 is 4.74 Å². The van der Waals surface area contributed by atoms with Gasteiger partial charge in [0.25, 0.3) is 0 Å². The Morgan fingerprint density at radius 1 is 0.947 bits per heavy atom. The first kappa shape index (κ1) is 13.2. The van der Waals surface area contributed by atoms with Crippen molar-refractivity contribution in [2.75, 3.05) is 6.61 Å². The van der Waals surface area contributed by atoms with Crippen LogP contribution in [0.4, 0.5) is 0 Å². The van der Waals surface area contributed by atoms with Crippen molar-refractivity contribution in [3.05, 3.63) is 65.7 Å². The lowest BCUT2D eigenvalue weighted by Gasteiger charge is -2.26. The molecule has 0 atom stereocenters. The summed E-state index contributed by atoms with van der Waals surface area (Å²) in [7, 11) is 0. The first-order valence-corrected chi connectivity index (χ1v) is 6.30. The molecule has 2 heteroatoms. The Bertz CT molecular complexity index is 564. The molecule has 2 nitrogen and oxygen atoms in total. The number of hydrogen-bond donors (Lipinski definition) is 0. The van der Waals surface area contributed by atoms with Crippen LogP contribution in [0, 0.1) is 11.3 Å². The van der Waals surface area contributed by atoms with Gasteiger partial charge in [-0.15, -0.1) is 0 Å². The Kier molecular flexibility index (Phi) is 3.87. The van der Waals surface area contributed by atoms with E-state index in [0.29, 0.717) is 0 Å². The van der Waals surface area contributed by atoms with E-state index >= 15 is 0 Å². The predicted molar refractivity (Wildman–Crippen MR) is 76.1 cm³/mol. The molecule has 0 radical (unpaired) electrons. The van der Waals surface area contributed by atoms with Gasteiger partial charge in [-0.2, -0.15) is 5.26 Å². The number of benzene rings is 2. The van der Waals surface area contributed by atoms with Gasteiger partial charge in [-0.25, -0.2) is 0 Å². The minimum atomic E-state index is -0.0466. The van der Waals surface area contributed by atoms with Crippen molar-refractivity contribution >= 4 is 0 Å². The average Bonchev–Trinajstić information content (AvgIpc) is 2.46. The predicted octanol–water partition coefficient (Wildman–Crippen LogP) is 3.91. The second kappa shape index (κ2) is 5.58. The van der Waals surface area contributed by atoms with Crippen LogP contribution in [0.2, 0.25) is 0 Å². The summed E-state index contributed by atoms with van der Waals surface area (Å²) in [6.07, 6.45) is 0. The third-order valence-electron chi connectivity index (χ3n) is 3.37. The summed E-state index contributed by atoms with van der Waals surface area (Å²) < 4.78 is 5.27. The Hall–Kier alpha value is -2.27. The van der Waals surface area contributed by atoms with E-state index in [9.17, 15) is 0 Å². The quantitative estimate of drug-likeness (QED) is 0.825. The van der Waals surface area contributed by atoms with Crippen molar-refractivity contribution in [3.63, 3.8) is 0 Å². The van der Waals surface area contributed by atoms with E-state index < -0.39 is 0 Å². The molecule has 0 heterocycles. The standard InChI is InChI=1S/C17H17NO/c1-17(2,14-6-4-3-5-7-14)15-8-10-16(11-9-15)19-13-12-18/h3-11H,13H2,1-2H3.